The molecule has 3 heterocycles. The van der Waals surface area contributed by atoms with E-state index in [2.05, 4.69) is 30.0 Å². The number of aromatic nitrogens is 3. The predicted octanol–water partition coefficient (Wildman–Crippen LogP) is 6.33. The Hall–Kier alpha value is -4.52. The van der Waals surface area contributed by atoms with E-state index in [1.165, 1.54) is 6.21 Å². The number of hydrogen-bond acceptors (Lipinski definition) is 6. The number of para-hydroxylation sites is 1. The van der Waals surface area contributed by atoms with E-state index in [9.17, 15) is 27.2 Å². The van der Waals surface area contributed by atoms with Gasteiger partial charge in [0.25, 0.3) is 0 Å². The normalized spacial score (nSPS) is 14.0. The van der Waals surface area contributed by atoms with Crippen LogP contribution < -0.4 is 10.1 Å². The van der Waals surface area contributed by atoms with Crippen molar-refractivity contribution in [3.8, 4) is 17.0 Å². The number of aromatic amines is 1. The van der Waals surface area contributed by atoms with Crippen LogP contribution in [0.5, 0.6) is 5.75 Å². The molecule has 43 heavy (non-hydrogen) atoms. The monoisotopic (exact) mass is 616 g/mol. The van der Waals surface area contributed by atoms with Crippen LogP contribution in [0.4, 0.5) is 28.3 Å². The second kappa shape index (κ2) is 13.2. The number of carbonyl (C=O) groups excluding carboxylic acids is 2. The molecule has 1 saturated heterocycles. The molecule has 0 radical (unpaired) electrons. The van der Waals surface area contributed by atoms with Crippen molar-refractivity contribution in [1.29, 1.82) is 0 Å². The van der Waals surface area contributed by atoms with Crippen LogP contribution in [0, 0.1) is 23.3 Å². The molecule has 2 aromatic heterocycles. The van der Waals surface area contributed by atoms with Crippen LogP contribution in [0.25, 0.3) is 22.2 Å². The summed E-state index contributed by atoms with van der Waals surface area (Å²) >= 11 is 6.42. The average molecular weight is 617 g/mol. The highest BCUT2D eigenvalue weighted by atomic mass is 35.5. The highest BCUT2D eigenvalue weighted by Crippen LogP contribution is 2.32. The Bertz CT molecular complexity index is 1660. The number of rotatable bonds is 9. The number of likely N-dealkylation sites (tertiary alicyclic amines) is 1. The third kappa shape index (κ3) is 6.94. The van der Waals surface area contributed by atoms with Crippen LogP contribution in [0.15, 0.2) is 47.7 Å². The molecule has 1 aliphatic heterocycles. The van der Waals surface area contributed by atoms with Crippen molar-refractivity contribution >= 4 is 46.5 Å². The SMILES string of the molecule is O=C(CCC=NC(=O)N1CCC(Nc2ncc(Cl)c(-c3c[nH]c4ccccc34)n2)CC1)COc1c(F)c(F)cc(F)c1F. The number of aliphatic imine (C=N–C) groups is 1. The van der Waals surface area contributed by atoms with E-state index in [0.29, 0.717) is 42.6 Å². The number of urea groups is 1. The lowest BCUT2D eigenvalue weighted by molar-refractivity contribution is -0.121. The number of Topliss-reactive ketones (excluding diaryl/α,β-unsaturated/α-hetero) is 1. The van der Waals surface area contributed by atoms with E-state index < -0.39 is 47.4 Å². The zero-order valence-electron chi connectivity index (χ0n) is 22.5. The number of nitrogens with zero attached hydrogens (tertiary/aromatic N) is 4. The quantitative estimate of drug-likeness (QED) is 0.129. The number of fused-ring (bicyclic) bond motifs is 1. The molecule has 2 amide bonds. The summed E-state index contributed by atoms with van der Waals surface area (Å²) in [5.41, 5.74) is 2.43. The first-order valence-electron chi connectivity index (χ1n) is 13.4. The van der Waals surface area contributed by atoms with E-state index in [-0.39, 0.29) is 24.9 Å². The summed E-state index contributed by atoms with van der Waals surface area (Å²) in [5, 5.41) is 4.73. The van der Waals surface area contributed by atoms with Gasteiger partial charge in [0.15, 0.2) is 23.2 Å². The molecule has 2 N–H and O–H groups in total. The molecule has 1 fully saturated rings. The lowest BCUT2D eigenvalue weighted by Gasteiger charge is -2.31. The lowest BCUT2D eigenvalue weighted by Crippen LogP contribution is -2.41. The number of H-pyrrole nitrogens is 1. The van der Waals surface area contributed by atoms with Crippen molar-refractivity contribution in [2.45, 2.75) is 31.7 Å². The minimum absolute atomic E-state index is 0.0175. The first-order valence-corrected chi connectivity index (χ1v) is 13.7. The fraction of sp³-hybridized carbons (Fsp3) is 0.276. The smallest absolute Gasteiger partial charge is 0.343 e. The summed E-state index contributed by atoms with van der Waals surface area (Å²) < 4.78 is 58.4. The molecule has 5 rings (SSSR count). The molecule has 2 aromatic carbocycles. The summed E-state index contributed by atoms with van der Waals surface area (Å²) in [6.07, 6.45) is 5.82. The number of hydrogen-bond donors (Lipinski definition) is 2. The van der Waals surface area contributed by atoms with Gasteiger partial charge in [0.1, 0.15) is 6.61 Å². The Morgan fingerprint density at radius 2 is 1.86 bits per heavy atom. The van der Waals surface area contributed by atoms with Crippen molar-refractivity contribution in [3.63, 3.8) is 0 Å². The van der Waals surface area contributed by atoms with Crippen molar-refractivity contribution < 1.29 is 31.9 Å². The van der Waals surface area contributed by atoms with Gasteiger partial charge >= 0.3 is 6.03 Å². The van der Waals surface area contributed by atoms with Gasteiger partial charge in [-0.25, -0.2) is 28.5 Å². The average Bonchev–Trinajstić information content (AvgIpc) is 3.43. The molecule has 0 unspecified atom stereocenters. The molecule has 0 bridgehead atoms. The molecule has 9 nitrogen and oxygen atoms in total. The van der Waals surface area contributed by atoms with Crippen LogP contribution in [0.3, 0.4) is 0 Å². The molecule has 0 spiro atoms. The summed E-state index contributed by atoms with van der Waals surface area (Å²) in [5.74, 6) is -8.21. The predicted molar refractivity (Wildman–Crippen MR) is 152 cm³/mol. The van der Waals surface area contributed by atoms with E-state index >= 15 is 0 Å². The number of halogens is 5. The molecular weight excluding hydrogens is 592 g/mol. The number of benzene rings is 2. The van der Waals surface area contributed by atoms with Crippen molar-refractivity contribution in [2.24, 2.45) is 4.99 Å². The van der Waals surface area contributed by atoms with Crippen molar-refractivity contribution in [1.82, 2.24) is 19.9 Å². The first kappa shape index (κ1) is 30.0. The Balaban J connectivity index is 1.07. The van der Waals surface area contributed by atoms with Crippen LogP contribution in [-0.2, 0) is 4.79 Å². The Labute approximate surface area is 247 Å². The number of ether oxygens (including phenoxy) is 1. The maximum atomic E-state index is 13.6. The van der Waals surface area contributed by atoms with Gasteiger partial charge in [-0.05, 0) is 25.3 Å². The van der Waals surface area contributed by atoms with Crippen LogP contribution in [-0.4, -0.2) is 63.6 Å². The molecule has 14 heteroatoms. The zero-order chi connectivity index (χ0) is 30.5. The molecule has 0 saturated carbocycles. The van der Waals surface area contributed by atoms with Gasteiger partial charge in [-0.15, -0.1) is 0 Å². The minimum Gasteiger partial charge on any atom is -0.480 e. The maximum Gasteiger partial charge on any atom is 0.343 e. The zero-order valence-corrected chi connectivity index (χ0v) is 23.3. The highest BCUT2D eigenvalue weighted by molar-refractivity contribution is 6.33. The molecule has 4 aromatic rings. The van der Waals surface area contributed by atoms with Crippen molar-refractivity contribution in [3.05, 3.63) is 71.0 Å². The molecule has 224 valence electrons. The van der Waals surface area contributed by atoms with Crippen molar-refractivity contribution in [2.75, 3.05) is 25.0 Å². The van der Waals surface area contributed by atoms with E-state index in [0.717, 1.165) is 16.5 Å². The number of anilines is 1. The topological polar surface area (TPSA) is 113 Å². The maximum absolute atomic E-state index is 13.6. The Morgan fingerprint density at radius 3 is 2.60 bits per heavy atom. The number of nitrogens with one attached hydrogen (secondary N) is 2. The molecule has 0 aliphatic carbocycles. The van der Waals surface area contributed by atoms with Crippen LogP contribution >= 0.6 is 11.6 Å². The third-order valence-electron chi connectivity index (χ3n) is 6.89. The summed E-state index contributed by atoms with van der Waals surface area (Å²) in [6.45, 7) is 0.0648. The van der Waals surface area contributed by atoms with Gasteiger partial charge < -0.3 is 19.9 Å². The standard InChI is InChI=1S/C29H25ClF4N6O3/c30-20-14-37-28(39-26(20)19-13-36-23-6-2-1-5-18(19)23)38-16-7-10-40(11-8-16)29(42)35-9-3-4-17(41)15-43-27-24(33)21(31)12-22(32)25(27)34/h1-2,5-6,9,12-14,16,36H,3-4,7-8,10-11,15H2,(H,37,38,39). The number of carbonyl (C=O) groups is 2. The van der Waals surface area contributed by atoms with E-state index in [1.54, 1.807) is 11.1 Å². The second-order valence-electron chi connectivity index (χ2n) is 9.80. The summed E-state index contributed by atoms with van der Waals surface area (Å²) in [4.78, 5) is 42.0. The molecular formula is C29H25ClF4N6O3. The number of amides is 2. The van der Waals surface area contributed by atoms with E-state index in [4.69, 9.17) is 11.6 Å². The first-order chi connectivity index (χ1) is 20.7. The fourth-order valence-corrected chi connectivity index (χ4v) is 4.84. The van der Waals surface area contributed by atoms with Gasteiger partial charge in [0, 0.05) is 60.5 Å². The summed E-state index contributed by atoms with van der Waals surface area (Å²) in [7, 11) is 0. The minimum atomic E-state index is -1.73. The largest absolute Gasteiger partial charge is 0.480 e. The van der Waals surface area contributed by atoms with Gasteiger partial charge in [-0.1, -0.05) is 29.8 Å². The molecule has 1 aliphatic rings. The van der Waals surface area contributed by atoms with Crippen LogP contribution in [0.2, 0.25) is 5.02 Å². The number of ketones is 1. The van der Waals surface area contributed by atoms with Crippen LogP contribution in [0.1, 0.15) is 25.7 Å². The molecule has 0 atom stereocenters. The van der Waals surface area contributed by atoms with Gasteiger partial charge in [-0.3, -0.25) is 4.79 Å². The lowest BCUT2D eigenvalue weighted by atomic mass is 10.1. The van der Waals surface area contributed by atoms with Gasteiger partial charge in [0.05, 0.1) is 16.9 Å². The second-order valence-corrected chi connectivity index (χ2v) is 10.2. The Morgan fingerprint density at radius 1 is 1.14 bits per heavy atom. The van der Waals surface area contributed by atoms with Gasteiger partial charge in [0.2, 0.25) is 17.6 Å². The fourth-order valence-electron chi connectivity index (χ4n) is 4.64. The number of piperidine rings is 1. The van der Waals surface area contributed by atoms with Gasteiger partial charge in [-0.2, -0.15) is 8.78 Å². The Kier molecular flexibility index (Phi) is 9.19. The highest BCUT2D eigenvalue weighted by Gasteiger charge is 2.24. The third-order valence-corrected chi connectivity index (χ3v) is 7.17. The summed E-state index contributed by atoms with van der Waals surface area (Å²) in [6, 6.07) is 7.42. The van der Waals surface area contributed by atoms with E-state index in [1.807, 2.05) is 30.5 Å².